The molecule has 11 nitrogen and oxygen atoms in total. The van der Waals surface area contributed by atoms with Crippen LogP contribution in [0.3, 0.4) is 0 Å². The lowest BCUT2D eigenvalue weighted by molar-refractivity contribution is 0.0283. The molecule has 1 aliphatic rings. The van der Waals surface area contributed by atoms with E-state index in [-0.39, 0.29) is 6.61 Å². The molecule has 0 radical (unpaired) electrons. The van der Waals surface area contributed by atoms with E-state index in [2.05, 4.69) is 30.4 Å². The summed E-state index contributed by atoms with van der Waals surface area (Å²) in [6, 6.07) is 11.5. The first-order valence-corrected chi connectivity index (χ1v) is 14.7. The fourth-order valence-corrected chi connectivity index (χ4v) is 6.22. The summed E-state index contributed by atoms with van der Waals surface area (Å²) >= 11 is 0. The molecule has 4 aromatic rings. The van der Waals surface area contributed by atoms with E-state index in [1.807, 2.05) is 24.3 Å². The van der Waals surface area contributed by atoms with E-state index in [0.717, 1.165) is 22.5 Å². The zero-order chi connectivity index (χ0) is 28.3. The van der Waals surface area contributed by atoms with Gasteiger partial charge < -0.3 is 19.5 Å². The molecule has 1 N–H and O–H groups in total. The lowest BCUT2D eigenvalue weighted by atomic mass is 10.1. The third-order valence-electron chi connectivity index (χ3n) is 6.53. The second kappa shape index (κ2) is 11.1. The summed E-state index contributed by atoms with van der Waals surface area (Å²) in [5.74, 6) is 2.75. The summed E-state index contributed by atoms with van der Waals surface area (Å²) in [6.45, 7) is 4.96. The molecule has 0 amide bonds. The van der Waals surface area contributed by atoms with Crippen molar-refractivity contribution in [2.45, 2.75) is 26.0 Å². The van der Waals surface area contributed by atoms with Crippen molar-refractivity contribution in [3.63, 3.8) is 0 Å². The van der Waals surface area contributed by atoms with Crippen molar-refractivity contribution < 1.29 is 18.8 Å². The van der Waals surface area contributed by atoms with E-state index in [1.54, 1.807) is 50.1 Å². The summed E-state index contributed by atoms with van der Waals surface area (Å²) in [5, 5.41) is 24.0. The van der Waals surface area contributed by atoms with Crippen LogP contribution in [0, 0.1) is 11.3 Å². The van der Waals surface area contributed by atoms with Gasteiger partial charge in [-0.05, 0) is 37.6 Å². The van der Waals surface area contributed by atoms with Gasteiger partial charge in [-0.25, -0.2) is 23.1 Å². The number of fused-ring (bicyclic) bond motifs is 1. The molecule has 0 unspecified atom stereocenters. The second-order valence-corrected chi connectivity index (χ2v) is 12.8. The number of nitrogens with zero attached hydrogens (tertiary/aromatic N) is 7. The van der Waals surface area contributed by atoms with Crippen LogP contribution in [-0.4, -0.2) is 72.8 Å². The van der Waals surface area contributed by atoms with Gasteiger partial charge in [-0.3, -0.25) is 0 Å². The van der Waals surface area contributed by atoms with Crippen molar-refractivity contribution in [1.29, 1.82) is 5.26 Å². The molecule has 5 heterocycles. The Balaban J connectivity index is 1.32. The van der Waals surface area contributed by atoms with Gasteiger partial charge in [0, 0.05) is 54.2 Å². The van der Waals surface area contributed by atoms with Crippen molar-refractivity contribution in [3.8, 4) is 28.8 Å². The Morgan fingerprint density at radius 2 is 1.95 bits per heavy atom. The summed E-state index contributed by atoms with van der Waals surface area (Å²) in [7, 11) is -0.752. The van der Waals surface area contributed by atoms with Crippen LogP contribution >= 0.6 is 0 Å². The molecule has 0 saturated carbocycles. The number of ether oxygens (including phenoxy) is 2. The molecule has 1 fully saturated rings. The monoisotopic (exact) mass is 561 g/mol. The summed E-state index contributed by atoms with van der Waals surface area (Å²) < 4.78 is 30.3. The maximum absolute atomic E-state index is 13.3. The Bertz CT molecular complexity index is 1650. The Morgan fingerprint density at radius 3 is 2.58 bits per heavy atom. The van der Waals surface area contributed by atoms with Gasteiger partial charge in [-0.1, -0.05) is 6.07 Å². The van der Waals surface area contributed by atoms with E-state index in [0.29, 0.717) is 53.8 Å². The van der Waals surface area contributed by atoms with Gasteiger partial charge in [0.15, 0.2) is 0 Å². The topological polar surface area (TPSA) is 138 Å². The number of nitriles is 1. The molecule has 0 bridgehead atoms. The zero-order valence-electron chi connectivity index (χ0n) is 22.6. The Kier molecular flexibility index (Phi) is 7.60. The van der Waals surface area contributed by atoms with Crippen molar-refractivity contribution in [3.05, 3.63) is 66.2 Å². The highest BCUT2D eigenvalue weighted by Gasteiger charge is 2.22. The number of methoxy groups -OCH3 is 1. The second-order valence-electron chi connectivity index (χ2n) is 10.2. The molecule has 12 heteroatoms. The number of anilines is 1. The fourth-order valence-electron chi connectivity index (χ4n) is 4.37. The zero-order valence-corrected chi connectivity index (χ0v) is 23.5. The van der Waals surface area contributed by atoms with Gasteiger partial charge in [0.25, 0.3) is 0 Å². The molecule has 0 aliphatic carbocycles. The van der Waals surface area contributed by atoms with Gasteiger partial charge in [-0.2, -0.15) is 10.4 Å². The highest BCUT2D eigenvalue weighted by Crippen LogP contribution is 2.32. The predicted molar refractivity (Wildman–Crippen MR) is 152 cm³/mol. The molecule has 1 saturated heterocycles. The third-order valence-corrected chi connectivity index (χ3v) is 8.77. The number of aliphatic hydroxyl groups is 1. The normalized spacial score (nSPS) is 15.0. The van der Waals surface area contributed by atoms with Crippen LogP contribution in [-0.2, 0) is 16.3 Å². The van der Waals surface area contributed by atoms with Crippen LogP contribution in [0.15, 0.2) is 59.5 Å². The number of pyridine rings is 3. The van der Waals surface area contributed by atoms with Crippen LogP contribution in [0.25, 0.3) is 16.6 Å². The van der Waals surface area contributed by atoms with Crippen LogP contribution in [0.1, 0.15) is 25.0 Å². The SMILES string of the molecule is COc1ccc(CN=S2(=O)CCN(c3ccc(-c4cc(OCC(C)(C)O)cn5ncc(C#N)c45)cn3)CC2)cn1. The van der Waals surface area contributed by atoms with Crippen LogP contribution in [0.4, 0.5) is 5.82 Å². The Morgan fingerprint density at radius 1 is 1.15 bits per heavy atom. The van der Waals surface area contributed by atoms with Gasteiger partial charge >= 0.3 is 0 Å². The first-order valence-electron chi connectivity index (χ1n) is 12.8. The molecule has 4 aromatic heterocycles. The number of hydrogen-bond acceptors (Lipinski definition) is 10. The van der Waals surface area contributed by atoms with E-state index in [9.17, 15) is 14.6 Å². The number of aromatic nitrogens is 4. The largest absolute Gasteiger partial charge is 0.489 e. The lowest BCUT2D eigenvalue weighted by Gasteiger charge is -2.29. The predicted octanol–water partition coefficient (Wildman–Crippen LogP) is 3.31. The van der Waals surface area contributed by atoms with Crippen molar-refractivity contribution >= 4 is 21.1 Å². The number of rotatable bonds is 8. The molecule has 0 spiro atoms. The van der Waals surface area contributed by atoms with Crippen LogP contribution < -0.4 is 14.4 Å². The number of hydrogen-bond donors (Lipinski definition) is 1. The quantitative estimate of drug-likeness (QED) is 0.343. The average molecular weight is 562 g/mol. The minimum atomic E-state index is -2.32. The minimum absolute atomic E-state index is 0.100. The van der Waals surface area contributed by atoms with E-state index in [4.69, 9.17) is 9.47 Å². The molecule has 0 atom stereocenters. The van der Waals surface area contributed by atoms with E-state index in [1.165, 1.54) is 6.20 Å². The van der Waals surface area contributed by atoms with Gasteiger partial charge in [-0.15, -0.1) is 0 Å². The molecular formula is C28H31N7O4S. The van der Waals surface area contributed by atoms with E-state index >= 15 is 0 Å². The van der Waals surface area contributed by atoms with Crippen molar-refractivity contribution in [2.75, 3.05) is 43.2 Å². The highest BCUT2D eigenvalue weighted by molar-refractivity contribution is 7.93. The molecule has 1 aliphatic heterocycles. The first kappa shape index (κ1) is 27.4. The maximum Gasteiger partial charge on any atom is 0.212 e. The summed E-state index contributed by atoms with van der Waals surface area (Å²) in [5.41, 5.74) is 2.52. The molecule has 40 heavy (non-hydrogen) atoms. The van der Waals surface area contributed by atoms with E-state index < -0.39 is 15.3 Å². The standard InChI is InChI=1S/C28H31N7O4S/c1-28(2,36)19-39-23-12-24(27-22(13-29)17-32-35(27)18-23)21-5-6-25(30-16-21)34-8-10-40(37,11-9-34)33-15-20-4-7-26(38-3)31-14-20/h4-7,12,14,16-18,36H,8-11,15,19H2,1-3H3. The van der Waals surface area contributed by atoms with Crippen LogP contribution in [0.5, 0.6) is 11.6 Å². The molecule has 5 rings (SSSR count). The van der Waals surface area contributed by atoms with Gasteiger partial charge in [0.1, 0.15) is 24.2 Å². The van der Waals surface area contributed by atoms with Crippen molar-refractivity contribution in [1.82, 2.24) is 19.6 Å². The molecule has 0 aromatic carbocycles. The minimum Gasteiger partial charge on any atom is -0.489 e. The Hall–Kier alpha value is -4.21. The van der Waals surface area contributed by atoms with Crippen molar-refractivity contribution in [2.24, 2.45) is 4.36 Å². The summed E-state index contributed by atoms with van der Waals surface area (Å²) in [4.78, 5) is 11.0. The Labute approximate surface area is 233 Å². The molecule has 208 valence electrons. The van der Waals surface area contributed by atoms with Gasteiger partial charge in [0.05, 0.1) is 52.5 Å². The van der Waals surface area contributed by atoms with Gasteiger partial charge in [0.2, 0.25) is 5.88 Å². The lowest BCUT2D eigenvalue weighted by Crippen LogP contribution is -2.40. The maximum atomic E-state index is 13.3. The summed E-state index contributed by atoms with van der Waals surface area (Å²) in [6.07, 6.45) is 6.65. The average Bonchev–Trinajstić information content (AvgIpc) is 3.38. The highest BCUT2D eigenvalue weighted by atomic mass is 32.2. The van der Waals surface area contributed by atoms with Crippen LogP contribution in [0.2, 0.25) is 0 Å². The molecular weight excluding hydrogens is 530 g/mol. The third kappa shape index (κ3) is 6.16. The first-order chi connectivity index (χ1) is 19.2. The smallest absolute Gasteiger partial charge is 0.212 e. The fraction of sp³-hybridized carbons (Fsp3) is 0.357.